The standard InChI is InChI=1S/C22H19N7O7/c1-2-15(30)27-22-28-18-17(20(34)29-22)25-13(10-24-18)9-23-12-5-3-11(4-6-12)19(33)26-14(21(35)36)7-8-16(31)32/h1,3-6,10,14,23H,7-9H2,(H,26,33)(H,31,32)(H,35,36)(H2,24,27,28,29,30,34). The van der Waals surface area contributed by atoms with Crippen molar-refractivity contribution in [3.8, 4) is 12.3 Å². The first-order valence-corrected chi connectivity index (χ1v) is 10.3. The van der Waals surface area contributed by atoms with Gasteiger partial charge in [0.25, 0.3) is 11.5 Å². The third kappa shape index (κ3) is 6.60. The fourth-order valence-corrected chi connectivity index (χ4v) is 2.94. The number of carbonyl (C=O) groups excluding carboxylic acids is 2. The van der Waals surface area contributed by atoms with E-state index >= 15 is 0 Å². The minimum atomic E-state index is -1.33. The van der Waals surface area contributed by atoms with Crippen molar-refractivity contribution < 1.29 is 29.4 Å². The summed E-state index contributed by atoms with van der Waals surface area (Å²) in [5.41, 5.74) is 0.510. The molecular formula is C22H19N7O7. The van der Waals surface area contributed by atoms with Crippen molar-refractivity contribution in [2.75, 3.05) is 10.6 Å². The lowest BCUT2D eigenvalue weighted by molar-refractivity contribution is -0.140. The van der Waals surface area contributed by atoms with E-state index in [0.717, 1.165) is 0 Å². The number of hydrogen-bond donors (Lipinski definition) is 6. The van der Waals surface area contributed by atoms with E-state index in [-0.39, 0.29) is 35.6 Å². The predicted molar refractivity (Wildman–Crippen MR) is 125 cm³/mol. The Morgan fingerprint density at radius 1 is 1.11 bits per heavy atom. The summed E-state index contributed by atoms with van der Waals surface area (Å²) < 4.78 is 0. The fourth-order valence-electron chi connectivity index (χ4n) is 2.94. The van der Waals surface area contributed by atoms with Crippen LogP contribution in [0, 0.1) is 12.3 Å². The number of carboxylic acid groups (broad SMARTS) is 2. The van der Waals surface area contributed by atoms with Gasteiger partial charge >= 0.3 is 17.8 Å². The summed E-state index contributed by atoms with van der Waals surface area (Å²) in [5, 5.41) is 25.4. The molecule has 14 nitrogen and oxygen atoms in total. The van der Waals surface area contributed by atoms with E-state index in [1.165, 1.54) is 18.3 Å². The normalized spacial score (nSPS) is 11.2. The van der Waals surface area contributed by atoms with Gasteiger partial charge in [0, 0.05) is 17.7 Å². The lowest BCUT2D eigenvalue weighted by Crippen LogP contribution is -2.41. The molecule has 0 saturated carbocycles. The number of nitrogens with one attached hydrogen (secondary N) is 4. The van der Waals surface area contributed by atoms with Crippen molar-refractivity contribution >= 4 is 46.6 Å². The van der Waals surface area contributed by atoms with Gasteiger partial charge in [-0.1, -0.05) is 0 Å². The zero-order valence-electron chi connectivity index (χ0n) is 18.4. The molecule has 0 radical (unpaired) electrons. The van der Waals surface area contributed by atoms with Gasteiger partial charge in [-0.2, -0.15) is 4.98 Å². The molecule has 0 aliphatic rings. The first kappa shape index (κ1) is 25.3. The van der Waals surface area contributed by atoms with E-state index in [9.17, 15) is 24.0 Å². The van der Waals surface area contributed by atoms with Gasteiger partial charge in [-0.15, -0.1) is 6.42 Å². The average Bonchev–Trinajstić information content (AvgIpc) is 2.85. The Kier molecular flexibility index (Phi) is 7.88. The maximum absolute atomic E-state index is 12.3. The summed E-state index contributed by atoms with van der Waals surface area (Å²) in [4.78, 5) is 72.4. The zero-order chi connectivity index (χ0) is 26.2. The summed E-state index contributed by atoms with van der Waals surface area (Å²) in [6.45, 7) is 0.166. The summed E-state index contributed by atoms with van der Waals surface area (Å²) >= 11 is 0. The van der Waals surface area contributed by atoms with Crippen LogP contribution in [0.4, 0.5) is 11.6 Å². The Morgan fingerprint density at radius 2 is 1.83 bits per heavy atom. The van der Waals surface area contributed by atoms with Gasteiger partial charge in [0.1, 0.15) is 6.04 Å². The van der Waals surface area contributed by atoms with Crippen LogP contribution in [0.25, 0.3) is 11.2 Å². The highest BCUT2D eigenvalue weighted by Gasteiger charge is 2.21. The number of aromatic amines is 1. The molecule has 3 aromatic rings. The Bertz CT molecular complexity index is 1430. The number of amides is 2. The van der Waals surface area contributed by atoms with E-state index < -0.39 is 41.8 Å². The van der Waals surface area contributed by atoms with Crippen LogP contribution >= 0.6 is 0 Å². The highest BCUT2D eigenvalue weighted by Crippen LogP contribution is 2.12. The molecule has 0 aliphatic heterocycles. The summed E-state index contributed by atoms with van der Waals surface area (Å²) in [7, 11) is 0. The molecule has 0 saturated heterocycles. The topological polar surface area (TPSA) is 216 Å². The van der Waals surface area contributed by atoms with E-state index in [2.05, 4.69) is 35.9 Å². The molecule has 1 atom stereocenters. The van der Waals surface area contributed by atoms with Gasteiger partial charge in [0.15, 0.2) is 11.2 Å². The van der Waals surface area contributed by atoms with Gasteiger partial charge in [-0.3, -0.25) is 29.5 Å². The van der Waals surface area contributed by atoms with Crippen LogP contribution in [-0.4, -0.2) is 59.9 Å². The number of anilines is 2. The van der Waals surface area contributed by atoms with Crippen LogP contribution in [0.3, 0.4) is 0 Å². The van der Waals surface area contributed by atoms with E-state index in [1.807, 2.05) is 5.92 Å². The second-order valence-electron chi connectivity index (χ2n) is 7.27. The molecule has 1 unspecified atom stereocenters. The lowest BCUT2D eigenvalue weighted by atomic mass is 10.1. The number of aromatic nitrogens is 4. The molecule has 1 aromatic carbocycles. The Hall–Kier alpha value is -5.32. The number of nitrogens with zero attached hydrogens (tertiary/aromatic N) is 3. The summed E-state index contributed by atoms with van der Waals surface area (Å²) in [6, 6.07) is 4.73. The molecule has 0 fully saturated rings. The molecule has 2 heterocycles. The van der Waals surface area contributed by atoms with Gasteiger partial charge in [0.05, 0.1) is 18.4 Å². The Balaban J connectivity index is 1.63. The highest BCUT2D eigenvalue weighted by molar-refractivity contribution is 6.02. The van der Waals surface area contributed by atoms with Gasteiger partial charge in [0.2, 0.25) is 5.95 Å². The first-order chi connectivity index (χ1) is 17.2. The third-order valence-corrected chi connectivity index (χ3v) is 4.70. The van der Waals surface area contributed by atoms with Crippen molar-refractivity contribution in [1.82, 2.24) is 25.3 Å². The molecular weight excluding hydrogens is 474 g/mol. The average molecular weight is 493 g/mol. The minimum Gasteiger partial charge on any atom is -0.481 e. The van der Waals surface area contributed by atoms with Crippen LogP contribution in [0.1, 0.15) is 28.9 Å². The third-order valence-electron chi connectivity index (χ3n) is 4.70. The van der Waals surface area contributed by atoms with E-state index in [0.29, 0.717) is 11.4 Å². The van der Waals surface area contributed by atoms with Gasteiger partial charge in [-0.25, -0.2) is 14.8 Å². The summed E-state index contributed by atoms with van der Waals surface area (Å²) in [6.07, 6.45) is 5.71. The van der Waals surface area contributed by atoms with Gasteiger partial charge < -0.3 is 20.8 Å². The number of hydrogen-bond acceptors (Lipinski definition) is 9. The smallest absolute Gasteiger partial charge is 0.326 e. The molecule has 0 spiro atoms. The highest BCUT2D eigenvalue weighted by atomic mass is 16.4. The second kappa shape index (κ2) is 11.2. The zero-order valence-corrected chi connectivity index (χ0v) is 18.4. The number of aliphatic carboxylic acids is 2. The van der Waals surface area contributed by atoms with Gasteiger partial charge in [-0.05, 0) is 36.6 Å². The number of carboxylic acids is 2. The number of H-pyrrole nitrogens is 1. The predicted octanol–water partition coefficient (Wildman–Crippen LogP) is -0.0553. The molecule has 2 aromatic heterocycles. The lowest BCUT2D eigenvalue weighted by Gasteiger charge is -2.14. The maximum Gasteiger partial charge on any atom is 0.326 e. The number of carbonyl (C=O) groups is 4. The first-order valence-electron chi connectivity index (χ1n) is 10.3. The molecule has 184 valence electrons. The number of fused-ring (bicyclic) bond motifs is 1. The molecule has 14 heteroatoms. The number of rotatable bonds is 10. The molecule has 2 amide bonds. The fraction of sp³-hybridized carbons (Fsp3) is 0.182. The van der Waals surface area contributed by atoms with Crippen LogP contribution in [-0.2, 0) is 20.9 Å². The molecule has 36 heavy (non-hydrogen) atoms. The van der Waals surface area contributed by atoms with Crippen molar-refractivity contribution in [3.63, 3.8) is 0 Å². The van der Waals surface area contributed by atoms with Crippen molar-refractivity contribution in [2.24, 2.45) is 0 Å². The Labute approximate surface area is 202 Å². The molecule has 0 aliphatic carbocycles. The van der Waals surface area contributed by atoms with Crippen LogP contribution < -0.4 is 21.5 Å². The van der Waals surface area contributed by atoms with Crippen molar-refractivity contribution in [1.29, 1.82) is 0 Å². The molecule has 0 bridgehead atoms. The minimum absolute atomic E-state index is 0.00760. The molecule has 6 N–H and O–H groups in total. The quantitative estimate of drug-likeness (QED) is 0.206. The number of benzene rings is 1. The van der Waals surface area contributed by atoms with Crippen molar-refractivity contribution in [3.05, 3.63) is 52.1 Å². The largest absolute Gasteiger partial charge is 0.481 e. The van der Waals surface area contributed by atoms with Crippen molar-refractivity contribution in [2.45, 2.75) is 25.4 Å². The maximum atomic E-state index is 12.3. The second-order valence-corrected chi connectivity index (χ2v) is 7.27. The summed E-state index contributed by atoms with van der Waals surface area (Å²) in [5.74, 6) is -2.27. The Morgan fingerprint density at radius 3 is 2.47 bits per heavy atom. The van der Waals surface area contributed by atoms with Crippen LogP contribution in [0.15, 0.2) is 35.3 Å². The van der Waals surface area contributed by atoms with E-state index in [4.69, 9.17) is 16.6 Å². The van der Waals surface area contributed by atoms with Crippen LogP contribution in [0.5, 0.6) is 0 Å². The van der Waals surface area contributed by atoms with Crippen LogP contribution in [0.2, 0.25) is 0 Å². The SMILES string of the molecule is C#CC(=O)Nc1nc2ncc(CNc3ccc(C(=O)NC(CCC(=O)O)C(=O)O)cc3)nc2c(=O)[nH]1. The van der Waals surface area contributed by atoms with E-state index in [1.54, 1.807) is 12.1 Å². The monoisotopic (exact) mass is 493 g/mol. The molecule has 3 rings (SSSR count). The number of terminal acetylenes is 1.